The smallest absolute Gasteiger partial charge is 0.335 e. The highest BCUT2D eigenvalue weighted by molar-refractivity contribution is 5.89. The van der Waals surface area contributed by atoms with E-state index in [9.17, 15) is 20.0 Å². The van der Waals surface area contributed by atoms with Crippen molar-refractivity contribution in [2.45, 2.75) is 18.4 Å². The molecule has 2 aromatic carbocycles. The summed E-state index contributed by atoms with van der Waals surface area (Å²) in [5, 5.41) is 23.8. The van der Waals surface area contributed by atoms with Gasteiger partial charge in [-0.3, -0.25) is 10.1 Å². The van der Waals surface area contributed by atoms with Gasteiger partial charge in [0.05, 0.1) is 16.5 Å². The molecular formula is C19H16N2O4. The van der Waals surface area contributed by atoms with Crippen molar-refractivity contribution < 1.29 is 14.8 Å². The molecule has 126 valence electrons. The van der Waals surface area contributed by atoms with Crippen molar-refractivity contribution in [1.82, 2.24) is 0 Å². The van der Waals surface area contributed by atoms with Crippen LogP contribution >= 0.6 is 0 Å². The molecular weight excluding hydrogens is 320 g/mol. The number of rotatable bonds is 3. The number of hydrogen-bond donors (Lipinski definition) is 2. The number of nitrogens with one attached hydrogen (secondary N) is 1. The summed E-state index contributed by atoms with van der Waals surface area (Å²) >= 11 is 0. The van der Waals surface area contributed by atoms with Crippen molar-refractivity contribution in [3.8, 4) is 0 Å². The molecule has 0 bridgehead atoms. The third kappa shape index (κ3) is 2.55. The maximum Gasteiger partial charge on any atom is 0.335 e. The van der Waals surface area contributed by atoms with Gasteiger partial charge in [-0.15, -0.1) is 0 Å². The van der Waals surface area contributed by atoms with Gasteiger partial charge in [-0.2, -0.15) is 0 Å². The standard InChI is InChI=1S/C19H16N2O4/c22-19(23)12-7-8-17-16(10-12)14-5-2-6-15(14)18(20-17)11-3-1-4-13(9-11)21(24)25/h1-5,7-10,14-15,18,20H,6H2,(H,22,23)/t14-,15+,18+/m0/s1. The van der Waals surface area contributed by atoms with E-state index in [0.29, 0.717) is 0 Å². The van der Waals surface area contributed by atoms with Gasteiger partial charge in [-0.1, -0.05) is 24.3 Å². The number of nitrogens with zero attached hydrogens (tertiary/aromatic N) is 1. The predicted octanol–water partition coefficient (Wildman–Crippen LogP) is 4.12. The Morgan fingerprint density at radius 2 is 2.08 bits per heavy atom. The van der Waals surface area contributed by atoms with Crippen LogP contribution in [0.2, 0.25) is 0 Å². The van der Waals surface area contributed by atoms with Gasteiger partial charge >= 0.3 is 5.97 Å². The summed E-state index contributed by atoms with van der Waals surface area (Å²) in [6.45, 7) is 0. The first kappa shape index (κ1) is 15.4. The zero-order chi connectivity index (χ0) is 17.6. The monoisotopic (exact) mass is 336 g/mol. The van der Waals surface area contributed by atoms with Crippen LogP contribution in [-0.2, 0) is 0 Å². The lowest BCUT2D eigenvalue weighted by Gasteiger charge is -2.37. The first-order valence-corrected chi connectivity index (χ1v) is 8.09. The minimum Gasteiger partial charge on any atom is -0.478 e. The van der Waals surface area contributed by atoms with E-state index in [-0.39, 0.29) is 34.1 Å². The van der Waals surface area contributed by atoms with Crippen LogP contribution in [0.4, 0.5) is 11.4 Å². The van der Waals surface area contributed by atoms with Crippen molar-refractivity contribution in [1.29, 1.82) is 0 Å². The van der Waals surface area contributed by atoms with Crippen molar-refractivity contribution >= 4 is 17.3 Å². The first-order chi connectivity index (χ1) is 12.0. The Morgan fingerprint density at radius 1 is 1.24 bits per heavy atom. The molecule has 2 aromatic rings. The zero-order valence-electron chi connectivity index (χ0n) is 13.3. The molecule has 0 fully saturated rings. The average Bonchev–Trinajstić information content (AvgIpc) is 3.10. The topological polar surface area (TPSA) is 92.5 Å². The highest BCUT2D eigenvalue weighted by Crippen LogP contribution is 2.50. The SMILES string of the molecule is O=C(O)c1ccc2c(c1)[C@H]1C=CC[C@H]1[C@@H](c1cccc([N+](=O)[O-])c1)N2. The quantitative estimate of drug-likeness (QED) is 0.500. The van der Waals surface area contributed by atoms with Crippen molar-refractivity contribution in [2.75, 3.05) is 5.32 Å². The summed E-state index contributed by atoms with van der Waals surface area (Å²) in [5.41, 5.74) is 3.08. The first-order valence-electron chi connectivity index (χ1n) is 8.09. The van der Waals surface area contributed by atoms with Crippen LogP contribution in [0.5, 0.6) is 0 Å². The third-order valence-electron chi connectivity index (χ3n) is 5.05. The second-order valence-electron chi connectivity index (χ2n) is 6.43. The molecule has 0 saturated heterocycles. The number of anilines is 1. The number of hydrogen-bond acceptors (Lipinski definition) is 4. The summed E-state index contributed by atoms with van der Waals surface area (Å²) in [6.07, 6.45) is 5.06. The molecule has 2 aliphatic rings. The van der Waals surface area contributed by atoms with Crippen LogP contribution in [0.15, 0.2) is 54.6 Å². The highest BCUT2D eigenvalue weighted by atomic mass is 16.6. The normalized spacial score (nSPS) is 23.4. The molecule has 25 heavy (non-hydrogen) atoms. The second-order valence-corrected chi connectivity index (χ2v) is 6.43. The summed E-state index contributed by atoms with van der Waals surface area (Å²) in [6, 6.07) is 11.7. The summed E-state index contributed by atoms with van der Waals surface area (Å²) in [5.74, 6) is -0.625. The minimum absolute atomic E-state index is 0.0527. The van der Waals surface area contributed by atoms with E-state index in [2.05, 4.69) is 17.5 Å². The molecule has 0 unspecified atom stereocenters. The van der Waals surface area contributed by atoms with E-state index in [1.165, 1.54) is 6.07 Å². The Hall–Kier alpha value is -3.15. The van der Waals surface area contributed by atoms with Crippen LogP contribution in [0.25, 0.3) is 0 Å². The molecule has 3 atom stereocenters. The molecule has 0 amide bonds. The lowest BCUT2D eigenvalue weighted by molar-refractivity contribution is -0.384. The van der Waals surface area contributed by atoms with E-state index >= 15 is 0 Å². The fraction of sp³-hybridized carbons (Fsp3) is 0.211. The Kier molecular flexibility index (Phi) is 3.53. The van der Waals surface area contributed by atoms with Gasteiger partial charge in [0.15, 0.2) is 0 Å². The van der Waals surface area contributed by atoms with Crippen molar-refractivity contribution in [3.63, 3.8) is 0 Å². The maximum atomic E-state index is 11.3. The number of nitro groups is 1. The number of non-ortho nitro benzene ring substituents is 1. The van der Waals surface area contributed by atoms with E-state index < -0.39 is 5.97 Å². The van der Waals surface area contributed by atoms with Gasteiger partial charge in [0.1, 0.15) is 0 Å². The second kappa shape index (κ2) is 5.73. The number of fused-ring (bicyclic) bond motifs is 3. The van der Waals surface area contributed by atoms with Crippen LogP contribution in [-0.4, -0.2) is 16.0 Å². The lowest BCUT2D eigenvalue weighted by Crippen LogP contribution is -2.29. The fourth-order valence-corrected chi connectivity index (χ4v) is 3.89. The van der Waals surface area contributed by atoms with Gasteiger partial charge in [0.25, 0.3) is 5.69 Å². The molecule has 1 aliphatic carbocycles. The van der Waals surface area contributed by atoms with Crippen LogP contribution < -0.4 is 5.32 Å². The zero-order valence-corrected chi connectivity index (χ0v) is 13.3. The van der Waals surface area contributed by atoms with E-state index in [4.69, 9.17) is 0 Å². The average molecular weight is 336 g/mol. The Bertz CT molecular complexity index is 906. The molecule has 0 spiro atoms. The molecule has 0 aromatic heterocycles. The Balaban J connectivity index is 1.77. The predicted molar refractivity (Wildman–Crippen MR) is 92.8 cm³/mol. The minimum atomic E-state index is -0.942. The number of benzene rings is 2. The highest BCUT2D eigenvalue weighted by Gasteiger charge is 2.38. The van der Waals surface area contributed by atoms with Gasteiger partial charge < -0.3 is 10.4 Å². The Morgan fingerprint density at radius 3 is 2.84 bits per heavy atom. The van der Waals surface area contributed by atoms with Crippen molar-refractivity contribution in [3.05, 3.63) is 81.4 Å². The van der Waals surface area contributed by atoms with Gasteiger partial charge in [-0.05, 0) is 41.7 Å². The lowest BCUT2D eigenvalue weighted by atomic mass is 9.76. The maximum absolute atomic E-state index is 11.3. The van der Waals surface area contributed by atoms with Crippen LogP contribution in [0.3, 0.4) is 0 Å². The van der Waals surface area contributed by atoms with E-state index in [1.807, 2.05) is 6.07 Å². The molecule has 2 N–H and O–H groups in total. The third-order valence-corrected chi connectivity index (χ3v) is 5.05. The number of allylic oxidation sites excluding steroid dienone is 2. The van der Waals surface area contributed by atoms with Gasteiger partial charge in [0.2, 0.25) is 0 Å². The molecule has 6 nitrogen and oxygen atoms in total. The summed E-state index contributed by atoms with van der Waals surface area (Å²) < 4.78 is 0. The number of nitro benzene ring substituents is 1. The van der Waals surface area contributed by atoms with Gasteiger partial charge in [-0.25, -0.2) is 4.79 Å². The molecule has 4 rings (SSSR count). The molecule has 0 saturated carbocycles. The number of carboxylic acid groups (broad SMARTS) is 1. The van der Waals surface area contributed by atoms with E-state index in [1.54, 1.807) is 30.3 Å². The molecule has 1 heterocycles. The van der Waals surface area contributed by atoms with E-state index in [0.717, 1.165) is 23.2 Å². The largest absolute Gasteiger partial charge is 0.478 e. The number of carboxylic acids is 1. The van der Waals surface area contributed by atoms with Gasteiger partial charge in [0, 0.05) is 23.7 Å². The van der Waals surface area contributed by atoms with Crippen molar-refractivity contribution in [2.24, 2.45) is 5.92 Å². The fourth-order valence-electron chi connectivity index (χ4n) is 3.89. The number of carbonyl (C=O) groups is 1. The summed E-state index contributed by atoms with van der Waals surface area (Å²) in [4.78, 5) is 22.0. The van der Waals surface area contributed by atoms with Crippen LogP contribution in [0, 0.1) is 16.0 Å². The summed E-state index contributed by atoms with van der Waals surface area (Å²) in [7, 11) is 0. The molecule has 1 aliphatic heterocycles. The van der Waals surface area contributed by atoms with Crippen LogP contribution in [0.1, 0.15) is 39.9 Å². The molecule has 0 radical (unpaired) electrons. The molecule has 6 heteroatoms. The number of aromatic carboxylic acids is 1. The Labute approximate surface area is 144 Å².